The number of alkyl carbamates (subject to hydrolysis) is 1. The Bertz CT molecular complexity index is 974. The molecule has 1 aliphatic heterocycles. The van der Waals surface area contributed by atoms with E-state index in [0.29, 0.717) is 0 Å². The van der Waals surface area contributed by atoms with Crippen LogP contribution in [0, 0.1) is 5.92 Å². The van der Waals surface area contributed by atoms with Crippen molar-refractivity contribution in [2.45, 2.75) is 51.5 Å². The molecule has 1 aliphatic rings. The number of hydrogen-bond acceptors (Lipinski definition) is 6. The van der Waals surface area contributed by atoms with Crippen molar-refractivity contribution < 1.29 is 28.6 Å². The topological polar surface area (TPSA) is 94.2 Å². The molecule has 1 saturated heterocycles. The first-order valence-electron chi connectivity index (χ1n) is 11.3. The van der Waals surface area contributed by atoms with Crippen LogP contribution in [0.5, 0.6) is 0 Å². The third-order valence-corrected chi connectivity index (χ3v) is 5.49. The second kappa shape index (κ2) is 11.0. The Labute approximate surface area is 200 Å². The number of hydrogen-bond donors (Lipinski definition) is 1. The van der Waals surface area contributed by atoms with Gasteiger partial charge in [0.2, 0.25) is 0 Å². The van der Waals surface area contributed by atoms with Crippen LogP contribution in [0.25, 0.3) is 0 Å². The van der Waals surface area contributed by atoms with Crippen molar-refractivity contribution in [1.82, 2.24) is 10.2 Å². The van der Waals surface area contributed by atoms with E-state index >= 15 is 0 Å². The average Bonchev–Trinajstić information content (AvgIpc) is 2.81. The number of ether oxygens (including phenoxy) is 3. The maximum Gasteiger partial charge on any atom is 0.410 e. The highest BCUT2D eigenvalue weighted by Gasteiger charge is 2.44. The van der Waals surface area contributed by atoms with Crippen molar-refractivity contribution in [2.24, 2.45) is 5.92 Å². The van der Waals surface area contributed by atoms with E-state index < -0.39 is 41.8 Å². The van der Waals surface area contributed by atoms with Crippen LogP contribution in [0.4, 0.5) is 9.59 Å². The van der Waals surface area contributed by atoms with E-state index in [0.717, 1.165) is 11.1 Å². The third kappa shape index (κ3) is 6.73. The first-order chi connectivity index (χ1) is 16.2. The highest BCUT2D eigenvalue weighted by molar-refractivity contribution is 5.76. The van der Waals surface area contributed by atoms with Gasteiger partial charge in [0.15, 0.2) is 0 Å². The molecule has 0 spiro atoms. The molecule has 0 unspecified atom stereocenters. The summed E-state index contributed by atoms with van der Waals surface area (Å²) in [6.45, 7) is 5.50. The molecule has 34 heavy (non-hydrogen) atoms. The summed E-state index contributed by atoms with van der Waals surface area (Å²) in [6, 6.07) is 17.5. The SMILES string of the molecule is COC(=O)[C@@H]1C[C@@H](NC(=O)OC(C)(C)C)[C@H](c2ccccc2)N(C(=O)OCc2ccccc2)C1. The average molecular weight is 469 g/mol. The molecule has 8 nitrogen and oxygen atoms in total. The summed E-state index contributed by atoms with van der Waals surface area (Å²) in [5, 5.41) is 2.87. The molecule has 2 aromatic carbocycles. The Kier molecular flexibility index (Phi) is 8.15. The van der Waals surface area contributed by atoms with E-state index in [1.807, 2.05) is 60.7 Å². The molecule has 2 aromatic rings. The van der Waals surface area contributed by atoms with Gasteiger partial charge in [0.05, 0.1) is 25.1 Å². The maximum atomic E-state index is 13.3. The molecule has 8 heteroatoms. The van der Waals surface area contributed by atoms with Gasteiger partial charge in [-0.15, -0.1) is 0 Å². The standard InChI is InChI=1S/C26H32N2O6/c1-26(2,3)34-24(30)27-21-15-20(23(29)32-4)16-28(22(21)19-13-9-6-10-14-19)25(31)33-17-18-11-7-5-8-12-18/h5-14,20-22H,15-17H2,1-4H3,(H,27,30)/t20-,21-,22+/m1/s1. The number of rotatable bonds is 5. The monoisotopic (exact) mass is 468 g/mol. The Balaban J connectivity index is 1.90. The second-order valence-corrected chi connectivity index (χ2v) is 9.26. The summed E-state index contributed by atoms with van der Waals surface area (Å²) in [7, 11) is 1.31. The van der Waals surface area contributed by atoms with Crippen LogP contribution in [0.1, 0.15) is 44.4 Å². The van der Waals surface area contributed by atoms with Crippen LogP contribution in [0.3, 0.4) is 0 Å². The van der Waals surface area contributed by atoms with Crippen LogP contribution in [0.15, 0.2) is 60.7 Å². The molecule has 2 amide bonds. The minimum Gasteiger partial charge on any atom is -0.469 e. The summed E-state index contributed by atoms with van der Waals surface area (Å²) in [5.41, 5.74) is 0.956. The lowest BCUT2D eigenvalue weighted by Crippen LogP contribution is -2.56. The Morgan fingerprint density at radius 1 is 1.00 bits per heavy atom. The fraction of sp³-hybridized carbons (Fsp3) is 0.423. The van der Waals surface area contributed by atoms with Gasteiger partial charge in [0.25, 0.3) is 0 Å². The first kappa shape index (κ1) is 25.1. The number of carbonyl (C=O) groups excluding carboxylic acids is 3. The van der Waals surface area contributed by atoms with E-state index in [9.17, 15) is 14.4 Å². The molecule has 0 aliphatic carbocycles. The molecular formula is C26H32N2O6. The molecule has 1 fully saturated rings. The fourth-order valence-corrected chi connectivity index (χ4v) is 4.07. The van der Waals surface area contributed by atoms with Gasteiger partial charge in [-0.25, -0.2) is 9.59 Å². The van der Waals surface area contributed by atoms with Gasteiger partial charge in [0, 0.05) is 6.54 Å². The van der Waals surface area contributed by atoms with Crippen LogP contribution >= 0.6 is 0 Å². The number of piperidine rings is 1. The lowest BCUT2D eigenvalue weighted by Gasteiger charge is -2.43. The van der Waals surface area contributed by atoms with Gasteiger partial charge in [-0.2, -0.15) is 0 Å². The summed E-state index contributed by atoms with van der Waals surface area (Å²) in [6.07, 6.45) is -0.919. The van der Waals surface area contributed by atoms with Gasteiger partial charge >= 0.3 is 18.2 Å². The van der Waals surface area contributed by atoms with Crippen LogP contribution in [-0.2, 0) is 25.6 Å². The van der Waals surface area contributed by atoms with Crippen molar-refractivity contribution in [3.8, 4) is 0 Å². The summed E-state index contributed by atoms with van der Waals surface area (Å²) in [4.78, 5) is 39.9. The van der Waals surface area contributed by atoms with Gasteiger partial charge in [-0.1, -0.05) is 60.7 Å². The van der Waals surface area contributed by atoms with Crippen LogP contribution in [0.2, 0.25) is 0 Å². The smallest absolute Gasteiger partial charge is 0.410 e. The molecule has 182 valence electrons. The zero-order chi connectivity index (χ0) is 24.7. The van der Waals surface area contributed by atoms with Gasteiger partial charge < -0.3 is 19.5 Å². The number of likely N-dealkylation sites (tertiary alicyclic amines) is 1. The fourth-order valence-electron chi connectivity index (χ4n) is 4.07. The van der Waals surface area contributed by atoms with E-state index in [4.69, 9.17) is 14.2 Å². The number of benzene rings is 2. The number of nitrogens with one attached hydrogen (secondary N) is 1. The highest BCUT2D eigenvalue weighted by Crippen LogP contribution is 2.35. The van der Waals surface area contributed by atoms with Crippen molar-refractivity contribution in [3.05, 3.63) is 71.8 Å². The quantitative estimate of drug-likeness (QED) is 0.515. The molecule has 1 heterocycles. The molecule has 3 atom stereocenters. The number of esters is 1. The predicted molar refractivity (Wildman–Crippen MR) is 126 cm³/mol. The molecule has 3 rings (SSSR count). The number of carbonyl (C=O) groups is 3. The summed E-state index contributed by atoms with van der Waals surface area (Å²) >= 11 is 0. The van der Waals surface area contributed by atoms with Crippen molar-refractivity contribution >= 4 is 18.2 Å². The number of amides is 2. The normalized spacial score (nSPS) is 20.2. The minimum atomic E-state index is -0.697. The zero-order valence-corrected chi connectivity index (χ0v) is 20.0. The molecule has 0 bridgehead atoms. The zero-order valence-electron chi connectivity index (χ0n) is 20.0. The Morgan fingerprint density at radius 3 is 2.21 bits per heavy atom. The third-order valence-electron chi connectivity index (χ3n) is 5.49. The van der Waals surface area contributed by atoms with E-state index in [1.165, 1.54) is 12.0 Å². The Morgan fingerprint density at radius 2 is 1.62 bits per heavy atom. The first-order valence-corrected chi connectivity index (χ1v) is 11.3. The van der Waals surface area contributed by atoms with E-state index in [2.05, 4.69) is 5.32 Å². The Hall–Kier alpha value is -3.55. The lowest BCUT2D eigenvalue weighted by atomic mass is 9.85. The predicted octanol–water partition coefficient (Wildman–Crippen LogP) is 4.45. The molecule has 0 radical (unpaired) electrons. The minimum absolute atomic E-state index is 0.0880. The van der Waals surface area contributed by atoms with Crippen LogP contribution < -0.4 is 5.32 Å². The molecule has 0 aromatic heterocycles. The highest BCUT2D eigenvalue weighted by atomic mass is 16.6. The number of methoxy groups -OCH3 is 1. The second-order valence-electron chi connectivity index (χ2n) is 9.26. The summed E-state index contributed by atoms with van der Waals surface area (Å²) < 4.78 is 16.0. The van der Waals surface area contributed by atoms with E-state index in [1.54, 1.807) is 20.8 Å². The van der Waals surface area contributed by atoms with Gasteiger partial charge in [0.1, 0.15) is 12.2 Å². The molecular weight excluding hydrogens is 436 g/mol. The lowest BCUT2D eigenvalue weighted by molar-refractivity contribution is -0.148. The van der Waals surface area contributed by atoms with Crippen molar-refractivity contribution in [3.63, 3.8) is 0 Å². The van der Waals surface area contributed by atoms with E-state index in [-0.39, 0.29) is 19.6 Å². The molecule has 0 saturated carbocycles. The van der Waals surface area contributed by atoms with Crippen LogP contribution in [-0.4, -0.2) is 48.4 Å². The van der Waals surface area contributed by atoms with Gasteiger partial charge in [-0.3, -0.25) is 9.69 Å². The van der Waals surface area contributed by atoms with Gasteiger partial charge in [-0.05, 0) is 38.3 Å². The van der Waals surface area contributed by atoms with Crippen molar-refractivity contribution in [2.75, 3.05) is 13.7 Å². The summed E-state index contributed by atoms with van der Waals surface area (Å²) in [5.74, 6) is -1.09. The van der Waals surface area contributed by atoms with Crippen molar-refractivity contribution in [1.29, 1.82) is 0 Å². The largest absolute Gasteiger partial charge is 0.469 e. The maximum absolute atomic E-state index is 13.3. The number of nitrogens with zero attached hydrogens (tertiary/aromatic N) is 1. The molecule has 1 N–H and O–H groups in total.